The first-order valence-corrected chi connectivity index (χ1v) is 7.77. The molecule has 6 heteroatoms. The first-order valence-electron chi connectivity index (χ1n) is 6.89. The number of ether oxygens (including phenoxy) is 1. The molecule has 2 rings (SSSR count). The Morgan fingerprint density at radius 1 is 1.43 bits per heavy atom. The highest BCUT2D eigenvalue weighted by atomic mass is 32.1. The Kier molecular flexibility index (Phi) is 5.27. The molecule has 2 aromatic rings. The monoisotopic (exact) mass is 305 g/mol. The van der Waals surface area contributed by atoms with Crippen LogP contribution in [0.1, 0.15) is 28.9 Å². The van der Waals surface area contributed by atoms with Gasteiger partial charge in [-0.1, -0.05) is 17.4 Å². The van der Waals surface area contributed by atoms with E-state index in [9.17, 15) is 0 Å². The van der Waals surface area contributed by atoms with Gasteiger partial charge in [-0.25, -0.2) is 9.97 Å². The predicted molar refractivity (Wildman–Crippen MR) is 84.0 cm³/mol. The molecule has 2 aromatic heterocycles. The molecule has 0 atom stereocenters. The molecule has 5 nitrogen and oxygen atoms in total. The van der Waals surface area contributed by atoms with Gasteiger partial charge < -0.3 is 10.5 Å². The Morgan fingerprint density at radius 2 is 2.24 bits per heavy atom. The predicted octanol–water partition coefficient (Wildman–Crippen LogP) is 2.17. The zero-order chi connectivity index (χ0) is 15.2. The van der Waals surface area contributed by atoms with E-state index in [1.165, 1.54) is 10.6 Å². The maximum absolute atomic E-state index is 5.95. The van der Waals surface area contributed by atoms with Crippen molar-refractivity contribution in [3.63, 3.8) is 0 Å². The molecule has 0 aliphatic rings. The van der Waals surface area contributed by atoms with E-state index in [2.05, 4.69) is 27.0 Å². The summed E-state index contributed by atoms with van der Waals surface area (Å²) in [5.74, 6) is 1.25. The summed E-state index contributed by atoms with van der Waals surface area (Å²) in [4.78, 5) is 9.74. The summed E-state index contributed by atoms with van der Waals surface area (Å²) in [5, 5.41) is 0. The molecule has 0 saturated carbocycles. The third kappa shape index (κ3) is 4.01. The summed E-state index contributed by atoms with van der Waals surface area (Å²) < 4.78 is 7.56. The Balaban J connectivity index is 2.06. The maximum Gasteiger partial charge on any atom is 0.225 e. The zero-order valence-corrected chi connectivity index (χ0v) is 13.5. The fourth-order valence-electron chi connectivity index (χ4n) is 1.98. The number of nitrogens with two attached hydrogens (primary N) is 1. The van der Waals surface area contributed by atoms with Crippen LogP contribution in [0.15, 0.2) is 24.0 Å². The topological polar surface area (TPSA) is 64.9 Å². The van der Waals surface area contributed by atoms with Crippen molar-refractivity contribution < 1.29 is 9.30 Å². The Labute approximate surface area is 129 Å². The molecule has 0 amide bonds. The van der Waals surface area contributed by atoms with E-state index < -0.39 is 0 Å². The third-order valence-electron chi connectivity index (χ3n) is 3.20. The maximum atomic E-state index is 5.95. The lowest BCUT2D eigenvalue weighted by Crippen LogP contribution is -2.35. The summed E-state index contributed by atoms with van der Waals surface area (Å²) in [6, 6.07) is 0. The van der Waals surface area contributed by atoms with Crippen molar-refractivity contribution in [2.45, 2.75) is 33.7 Å². The highest BCUT2D eigenvalue weighted by Gasteiger charge is 2.17. The van der Waals surface area contributed by atoms with Crippen LogP contribution in [-0.4, -0.2) is 16.6 Å². The number of thiazole rings is 1. The smallest absolute Gasteiger partial charge is 0.225 e. The first-order chi connectivity index (χ1) is 10.1. The summed E-state index contributed by atoms with van der Waals surface area (Å²) in [6.07, 6.45) is 6.33. The van der Waals surface area contributed by atoms with Crippen LogP contribution in [0.3, 0.4) is 0 Å². The molecule has 0 aromatic carbocycles. The normalized spacial score (nSPS) is 11.2. The van der Waals surface area contributed by atoms with Crippen LogP contribution in [-0.2, 0) is 17.7 Å². The van der Waals surface area contributed by atoms with Crippen LogP contribution < -0.4 is 10.3 Å². The number of anilines is 1. The SMILES string of the molecule is CC=COCCc1sc[n+](Cc2cnc(C)nc2N)c1C. The van der Waals surface area contributed by atoms with E-state index in [-0.39, 0.29) is 0 Å². The van der Waals surface area contributed by atoms with Gasteiger partial charge in [-0.2, -0.15) is 4.57 Å². The van der Waals surface area contributed by atoms with Gasteiger partial charge >= 0.3 is 0 Å². The van der Waals surface area contributed by atoms with Gasteiger partial charge in [0.2, 0.25) is 5.51 Å². The fraction of sp³-hybridized carbons (Fsp3) is 0.400. The minimum Gasteiger partial charge on any atom is -0.501 e. The van der Waals surface area contributed by atoms with Crippen LogP contribution >= 0.6 is 11.3 Å². The van der Waals surface area contributed by atoms with E-state index in [1.54, 1.807) is 23.8 Å². The van der Waals surface area contributed by atoms with Crippen LogP contribution in [0, 0.1) is 13.8 Å². The number of nitrogens with zero attached hydrogens (tertiary/aromatic N) is 3. The molecule has 0 aliphatic carbocycles. The van der Waals surface area contributed by atoms with Crippen molar-refractivity contribution in [2.24, 2.45) is 0 Å². The Morgan fingerprint density at radius 3 is 2.95 bits per heavy atom. The summed E-state index contributed by atoms with van der Waals surface area (Å²) >= 11 is 1.74. The second-order valence-electron chi connectivity index (χ2n) is 4.78. The molecule has 0 unspecified atom stereocenters. The van der Waals surface area contributed by atoms with Gasteiger partial charge in [-0.15, -0.1) is 0 Å². The van der Waals surface area contributed by atoms with Gasteiger partial charge in [-0.05, 0) is 13.8 Å². The lowest BCUT2D eigenvalue weighted by atomic mass is 10.2. The van der Waals surface area contributed by atoms with Gasteiger partial charge in [0.05, 0.1) is 23.3 Å². The van der Waals surface area contributed by atoms with Crippen LogP contribution in [0.25, 0.3) is 0 Å². The number of rotatable bonds is 6. The van der Waals surface area contributed by atoms with Crippen molar-refractivity contribution in [3.05, 3.63) is 46.0 Å². The first kappa shape index (κ1) is 15.4. The molecule has 0 fully saturated rings. The minimum absolute atomic E-state index is 0.554. The van der Waals surface area contributed by atoms with E-state index in [0.717, 1.165) is 12.0 Å². The molecule has 2 N–H and O–H groups in total. The quantitative estimate of drug-likeness (QED) is 0.504. The highest BCUT2D eigenvalue weighted by molar-refractivity contribution is 7.09. The molecule has 0 bridgehead atoms. The molecule has 0 aliphatic heterocycles. The number of aryl methyl sites for hydroxylation is 1. The van der Waals surface area contributed by atoms with Crippen molar-refractivity contribution in [2.75, 3.05) is 12.3 Å². The second-order valence-corrected chi connectivity index (χ2v) is 5.72. The molecule has 0 saturated heterocycles. The molecule has 0 spiro atoms. The van der Waals surface area contributed by atoms with Gasteiger partial charge in [0.15, 0.2) is 12.2 Å². The fourth-order valence-corrected chi connectivity index (χ4v) is 2.96. The van der Waals surface area contributed by atoms with Gasteiger partial charge in [-0.3, -0.25) is 0 Å². The van der Waals surface area contributed by atoms with E-state index in [0.29, 0.717) is 24.8 Å². The van der Waals surface area contributed by atoms with Crippen LogP contribution in [0.2, 0.25) is 0 Å². The van der Waals surface area contributed by atoms with E-state index in [4.69, 9.17) is 10.5 Å². The standard InChI is InChI=1S/C15H21N4OS/c1-4-6-20-7-5-14-11(2)19(10-21-14)9-13-8-17-12(3)18-15(13)16/h4,6,8,10H,5,7,9H2,1-3H3,(H2,16,17,18)/q+1. The van der Waals surface area contributed by atoms with E-state index in [1.807, 2.05) is 19.9 Å². The van der Waals surface area contributed by atoms with E-state index >= 15 is 0 Å². The summed E-state index contributed by atoms with van der Waals surface area (Å²) in [7, 11) is 0. The number of aromatic nitrogens is 3. The molecule has 21 heavy (non-hydrogen) atoms. The number of allylic oxidation sites excluding steroid dienone is 1. The van der Waals surface area contributed by atoms with Gasteiger partial charge in [0.1, 0.15) is 11.6 Å². The Bertz CT molecular complexity index is 637. The van der Waals surface area contributed by atoms with Crippen molar-refractivity contribution in [1.82, 2.24) is 9.97 Å². The number of hydrogen-bond acceptors (Lipinski definition) is 5. The lowest BCUT2D eigenvalue weighted by Gasteiger charge is -2.02. The lowest BCUT2D eigenvalue weighted by molar-refractivity contribution is -0.689. The summed E-state index contributed by atoms with van der Waals surface area (Å²) in [6.45, 7) is 7.29. The molecule has 2 heterocycles. The van der Waals surface area contributed by atoms with Gasteiger partial charge in [0, 0.05) is 19.5 Å². The zero-order valence-electron chi connectivity index (χ0n) is 12.7. The molecular weight excluding hydrogens is 284 g/mol. The van der Waals surface area contributed by atoms with Gasteiger partial charge in [0.25, 0.3) is 0 Å². The average Bonchev–Trinajstić information content (AvgIpc) is 2.79. The van der Waals surface area contributed by atoms with Crippen molar-refractivity contribution >= 4 is 17.2 Å². The highest BCUT2D eigenvalue weighted by Crippen LogP contribution is 2.14. The van der Waals surface area contributed by atoms with Crippen molar-refractivity contribution in [3.8, 4) is 0 Å². The largest absolute Gasteiger partial charge is 0.501 e. The summed E-state index contributed by atoms with van der Waals surface area (Å²) in [5.41, 5.74) is 10.2. The van der Waals surface area contributed by atoms with Crippen LogP contribution in [0.5, 0.6) is 0 Å². The van der Waals surface area contributed by atoms with Crippen molar-refractivity contribution in [1.29, 1.82) is 0 Å². The van der Waals surface area contributed by atoms with Crippen LogP contribution in [0.4, 0.5) is 5.82 Å². The number of nitrogen functional groups attached to an aromatic ring is 1. The molecule has 112 valence electrons. The third-order valence-corrected chi connectivity index (χ3v) is 4.34. The number of hydrogen-bond donors (Lipinski definition) is 1. The second kappa shape index (κ2) is 7.17. The molecule has 0 radical (unpaired) electrons. The minimum atomic E-state index is 0.554. The Hall–Kier alpha value is -1.95. The molecular formula is C15H21N4OS+. The average molecular weight is 305 g/mol.